The first-order valence-electron chi connectivity index (χ1n) is 4.57. The van der Waals surface area contributed by atoms with E-state index in [4.69, 9.17) is 14.7 Å². The molecule has 0 saturated carbocycles. The van der Waals surface area contributed by atoms with Crippen LogP contribution in [0.15, 0.2) is 30.0 Å². The number of allylic oxidation sites excluding steroid dienone is 1. The Hall–Kier alpha value is -1.26. The molecule has 2 rings (SSSR count). The summed E-state index contributed by atoms with van der Waals surface area (Å²) in [5.41, 5.74) is 2.36. The Balaban J connectivity index is 2.22. The van der Waals surface area contributed by atoms with Gasteiger partial charge in [0.2, 0.25) is 0 Å². The van der Waals surface area contributed by atoms with Crippen LogP contribution < -0.4 is 0 Å². The van der Waals surface area contributed by atoms with E-state index in [9.17, 15) is 0 Å². The largest absolute Gasteiger partial charge is 0.707 e. The summed E-state index contributed by atoms with van der Waals surface area (Å²) in [5.74, 6) is 0.624. The summed E-state index contributed by atoms with van der Waals surface area (Å²) in [6, 6.07) is 8.01. The summed E-state index contributed by atoms with van der Waals surface area (Å²) in [7, 11) is -1.72. The predicted molar refractivity (Wildman–Crippen MR) is 54.0 cm³/mol. The molecule has 1 aromatic rings. The fourth-order valence-corrected chi connectivity index (χ4v) is 1.63. The fourth-order valence-electron chi connectivity index (χ4n) is 1.63. The minimum Gasteiger partial charge on any atom is -0.516 e. The van der Waals surface area contributed by atoms with Crippen LogP contribution in [0.3, 0.4) is 0 Å². The Morgan fingerprint density at radius 1 is 1.14 bits per heavy atom. The van der Waals surface area contributed by atoms with Gasteiger partial charge in [0.05, 0.1) is 5.76 Å². The molecule has 0 radical (unpaired) electrons. The minimum atomic E-state index is -1.72. The summed E-state index contributed by atoms with van der Waals surface area (Å²) in [5, 5.41) is 17.3. The van der Waals surface area contributed by atoms with Gasteiger partial charge in [0.15, 0.2) is 0 Å². The highest BCUT2D eigenvalue weighted by Crippen LogP contribution is 2.24. The maximum atomic E-state index is 8.65. The van der Waals surface area contributed by atoms with Gasteiger partial charge in [-0.2, -0.15) is 0 Å². The lowest BCUT2D eigenvalue weighted by Crippen LogP contribution is -2.17. The zero-order valence-electron chi connectivity index (χ0n) is 7.68. The molecule has 72 valence electrons. The average Bonchev–Trinajstić information content (AvgIpc) is 2.17. The van der Waals surface area contributed by atoms with Crippen LogP contribution in [-0.2, 0) is 11.1 Å². The first kappa shape index (κ1) is 9.31. The molecule has 1 aliphatic rings. The highest BCUT2D eigenvalue weighted by Gasteiger charge is 2.16. The quantitative estimate of drug-likeness (QED) is 0.682. The van der Waals surface area contributed by atoms with Gasteiger partial charge < -0.3 is 14.7 Å². The number of rotatable bonds is 2. The third kappa shape index (κ3) is 1.97. The Bertz CT molecular complexity index is 360. The van der Waals surface area contributed by atoms with E-state index in [1.54, 1.807) is 0 Å². The standard InChI is InChI=1S/C10H11BO3/c12-11(13)14-10-6-5-8-3-1-2-4-9(8)7-10/h1-4,7,12-13H,5-6H2. The molecule has 0 heterocycles. The Labute approximate surface area is 82.8 Å². The van der Waals surface area contributed by atoms with Crippen molar-refractivity contribution >= 4 is 13.4 Å². The lowest BCUT2D eigenvalue weighted by atomic mass is 9.96. The summed E-state index contributed by atoms with van der Waals surface area (Å²) >= 11 is 0. The molecule has 0 amide bonds. The zero-order valence-corrected chi connectivity index (χ0v) is 7.68. The Morgan fingerprint density at radius 3 is 2.71 bits per heavy atom. The van der Waals surface area contributed by atoms with Crippen LogP contribution in [0, 0.1) is 0 Å². The van der Waals surface area contributed by atoms with E-state index in [2.05, 4.69) is 6.07 Å². The van der Waals surface area contributed by atoms with E-state index in [1.807, 2.05) is 24.3 Å². The normalized spacial score (nSPS) is 14.3. The fraction of sp³-hybridized carbons (Fsp3) is 0.200. The van der Waals surface area contributed by atoms with Crippen LogP contribution in [0.2, 0.25) is 0 Å². The van der Waals surface area contributed by atoms with Crippen molar-refractivity contribution in [3.8, 4) is 0 Å². The molecule has 0 aliphatic heterocycles. The molecule has 0 fully saturated rings. The second kappa shape index (κ2) is 3.86. The molecule has 14 heavy (non-hydrogen) atoms. The van der Waals surface area contributed by atoms with Crippen LogP contribution in [0.4, 0.5) is 0 Å². The topological polar surface area (TPSA) is 49.7 Å². The summed E-state index contributed by atoms with van der Waals surface area (Å²) in [6.45, 7) is 0. The van der Waals surface area contributed by atoms with E-state index in [0.29, 0.717) is 12.2 Å². The summed E-state index contributed by atoms with van der Waals surface area (Å²) < 4.78 is 4.82. The molecule has 0 atom stereocenters. The van der Waals surface area contributed by atoms with Crippen LogP contribution in [0.25, 0.3) is 6.08 Å². The van der Waals surface area contributed by atoms with Crippen molar-refractivity contribution in [2.24, 2.45) is 0 Å². The zero-order chi connectivity index (χ0) is 9.97. The highest BCUT2D eigenvalue weighted by molar-refractivity contribution is 6.33. The molecular formula is C10H11BO3. The van der Waals surface area contributed by atoms with Crippen molar-refractivity contribution < 1.29 is 14.7 Å². The maximum absolute atomic E-state index is 8.65. The molecule has 0 aromatic heterocycles. The van der Waals surface area contributed by atoms with Crippen LogP contribution in [0.5, 0.6) is 0 Å². The first-order chi connectivity index (χ1) is 6.75. The third-order valence-electron chi connectivity index (χ3n) is 2.27. The van der Waals surface area contributed by atoms with Crippen LogP contribution >= 0.6 is 0 Å². The molecule has 1 aromatic carbocycles. The van der Waals surface area contributed by atoms with Crippen molar-refractivity contribution in [3.63, 3.8) is 0 Å². The Morgan fingerprint density at radius 2 is 1.93 bits per heavy atom. The first-order valence-corrected chi connectivity index (χ1v) is 4.57. The van der Waals surface area contributed by atoms with Crippen molar-refractivity contribution in [1.82, 2.24) is 0 Å². The molecule has 2 N–H and O–H groups in total. The van der Waals surface area contributed by atoms with Gasteiger partial charge >= 0.3 is 7.32 Å². The Kier molecular flexibility index (Phi) is 2.57. The van der Waals surface area contributed by atoms with Crippen LogP contribution in [0.1, 0.15) is 17.5 Å². The van der Waals surface area contributed by atoms with E-state index in [1.165, 1.54) is 5.56 Å². The molecule has 3 nitrogen and oxygen atoms in total. The van der Waals surface area contributed by atoms with Crippen molar-refractivity contribution in [2.45, 2.75) is 12.8 Å². The number of hydrogen-bond acceptors (Lipinski definition) is 3. The smallest absolute Gasteiger partial charge is 0.516 e. The number of fused-ring (bicyclic) bond motifs is 1. The van der Waals surface area contributed by atoms with Gasteiger partial charge in [0, 0.05) is 6.42 Å². The van der Waals surface area contributed by atoms with E-state index >= 15 is 0 Å². The van der Waals surface area contributed by atoms with Crippen molar-refractivity contribution in [3.05, 3.63) is 41.2 Å². The third-order valence-corrected chi connectivity index (χ3v) is 2.27. The van der Waals surface area contributed by atoms with Gasteiger partial charge in [0.1, 0.15) is 0 Å². The average molecular weight is 190 g/mol. The van der Waals surface area contributed by atoms with Crippen molar-refractivity contribution in [2.75, 3.05) is 0 Å². The van der Waals surface area contributed by atoms with Gasteiger partial charge in [-0.15, -0.1) is 0 Å². The van der Waals surface area contributed by atoms with Gasteiger partial charge in [-0.05, 0) is 23.6 Å². The number of aryl methyl sites for hydroxylation is 1. The molecule has 0 bridgehead atoms. The molecule has 1 aliphatic carbocycles. The number of benzene rings is 1. The molecule has 0 unspecified atom stereocenters. The van der Waals surface area contributed by atoms with Gasteiger partial charge in [-0.3, -0.25) is 0 Å². The second-order valence-electron chi connectivity index (χ2n) is 3.25. The van der Waals surface area contributed by atoms with Crippen LogP contribution in [-0.4, -0.2) is 17.4 Å². The second-order valence-corrected chi connectivity index (χ2v) is 3.25. The SMILES string of the molecule is OB(O)OC1=Cc2ccccc2CC1. The lowest BCUT2D eigenvalue weighted by molar-refractivity contribution is 0.232. The molecule has 4 heteroatoms. The van der Waals surface area contributed by atoms with Crippen molar-refractivity contribution in [1.29, 1.82) is 0 Å². The van der Waals surface area contributed by atoms with Gasteiger partial charge in [-0.1, -0.05) is 24.3 Å². The van der Waals surface area contributed by atoms with Gasteiger partial charge in [0.25, 0.3) is 0 Å². The monoisotopic (exact) mass is 190 g/mol. The number of hydrogen-bond donors (Lipinski definition) is 2. The predicted octanol–water partition coefficient (Wildman–Crippen LogP) is 0.960. The highest BCUT2D eigenvalue weighted by atomic mass is 16.6. The lowest BCUT2D eigenvalue weighted by Gasteiger charge is -2.16. The summed E-state index contributed by atoms with van der Waals surface area (Å²) in [6.07, 6.45) is 3.45. The maximum Gasteiger partial charge on any atom is 0.707 e. The molecule has 0 saturated heterocycles. The van der Waals surface area contributed by atoms with Gasteiger partial charge in [-0.25, -0.2) is 0 Å². The van der Waals surface area contributed by atoms with E-state index < -0.39 is 7.32 Å². The summed E-state index contributed by atoms with van der Waals surface area (Å²) in [4.78, 5) is 0. The van der Waals surface area contributed by atoms with E-state index in [0.717, 1.165) is 12.0 Å². The minimum absolute atomic E-state index is 0.624. The molecular weight excluding hydrogens is 179 g/mol. The van der Waals surface area contributed by atoms with E-state index in [-0.39, 0.29) is 0 Å². The molecule has 0 spiro atoms.